The van der Waals surface area contributed by atoms with Crippen LogP contribution in [-0.4, -0.2) is 62.6 Å². The summed E-state index contributed by atoms with van der Waals surface area (Å²) in [7, 11) is 1.52. The molecule has 0 bridgehead atoms. The molecule has 2 aromatic rings. The van der Waals surface area contributed by atoms with E-state index in [1.807, 2.05) is 0 Å². The van der Waals surface area contributed by atoms with Crippen molar-refractivity contribution in [1.82, 2.24) is 14.4 Å². The number of fused-ring (bicyclic) bond motifs is 3. The average Bonchev–Trinajstić information content (AvgIpc) is 2.75. The molecular formula is C23H25ClFN3O5. The van der Waals surface area contributed by atoms with Gasteiger partial charge < -0.3 is 20.0 Å². The van der Waals surface area contributed by atoms with Crippen LogP contribution in [0.5, 0.6) is 5.75 Å². The number of aliphatic hydroxyl groups is 1. The Morgan fingerprint density at radius 1 is 1.21 bits per heavy atom. The number of carbonyl (C=O) groups is 2. The molecule has 2 aliphatic rings. The highest BCUT2D eigenvalue weighted by Gasteiger charge is 2.40. The van der Waals surface area contributed by atoms with Crippen LogP contribution >= 0.6 is 11.6 Å². The highest BCUT2D eigenvalue weighted by Crippen LogP contribution is 2.33. The minimum Gasteiger partial charge on any atom is -0.502 e. The topological polar surface area (TPSA) is 103 Å². The second-order valence-electron chi connectivity index (χ2n) is 9.36. The van der Waals surface area contributed by atoms with Gasteiger partial charge in [-0.15, -0.1) is 0 Å². The number of halogens is 2. The minimum atomic E-state index is -0.885. The first-order chi connectivity index (χ1) is 15.4. The highest BCUT2D eigenvalue weighted by atomic mass is 35.5. The first-order valence-corrected chi connectivity index (χ1v) is 11.0. The number of amides is 2. The van der Waals surface area contributed by atoms with Crippen molar-refractivity contribution in [3.8, 4) is 5.75 Å². The van der Waals surface area contributed by atoms with Crippen LogP contribution in [0.2, 0.25) is 5.02 Å². The second-order valence-corrected chi connectivity index (χ2v) is 9.76. The maximum atomic E-state index is 13.5. The van der Waals surface area contributed by atoms with Crippen LogP contribution in [0.25, 0.3) is 0 Å². The van der Waals surface area contributed by atoms with E-state index in [-0.39, 0.29) is 48.9 Å². The van der Waals surface area contributed by atoms with Gasteiger partial charge in [0, 0.05) is 44.2 Å². The van der Waals surface area contributed by atoms with Gasteiger partial charge >= 0.3 is 0 Å². The van der Waals surface area contributed by atoms with Crippen molar-refractivity contribution in [2.24, 2.45) is 5.41 Å². The molecule has 0 saturated heterocycles. The number of aromatic nitrogens is 1. The Kier molecular flexibility index (Phi) is 5.74. The summed E-state index contributed by atoms with van der Waals surface area (Å²) in [5.74, 6) is -2.38. The number of carbonyl (C=O) groups excluding carboxylic acids is 2. The molecule has 4 rings (SSSR count). The summed E-state index contributed by atoms with van der Waals surface area (Å²) in [6.07, 6.45) is -0.647. The summed E-state index contributed by atoms with van der Waals surface area (Å²) >= 11 is 5.84. The van der Waals surface area contributed by atoms with Crippen molar-refractivity contribution in [1.29, 1.82) is 0 Å². The third-order valence-corrected chi connectivity index (χ3v) is 6.79. The Morgan fingerprint density at radius 2 is 1.91 bits per heavy atom. The normalized spacial score (nSPS) is 20.2. The van der Waals surface area contributed by atoms with Gasteiger partial charge in [0.05, 0.1) is 16.7 Å². The lowest BCUT2D eigenvalue weighted by Gasteiger charge is -2.39. The van der Waals surface area contributed by atoms with Crippen LogP contribution in [0.1, 0.15) is 45.8 Å². The van der Waals surface area contributed by atoms with Crippen molar-refractivity contribution in [2.75, 3.05) is 20.1 Å². The highest BCUT2D eigenvalue weighted by molar-refractivity contribution is 6.30. The fraction of sp³-hybridized carbons (Fsp3) is 0.435. The number of β-amino-alcohol motifs (C(OH)–C–C–N with tert-alkyl or cyclic N) is 1. The quantitative estimate of drug-likeness (QED) is 0.689. The monoisotopic (exact) mass is 477 g/mol. The van der Waals surface area contributed by atoms with Crippen molar-refractivity contribution < 1.29 is 24.2 Å². The number of hydrogen-bond acceptors (Lipinski definition) is 5. The van der Waals surface area contributed by atoms with Crippen LogP contribution in [0, 0.1) is 11.2 Å². The summed E-state index contributed by atoms with van der Waals surface area (Å²) in [6.45, 7) is 3.96. The molecule has 0 saturated carbocycles. The summed E-state index contributed by atoms with van der Waals surface area (Å²) in [5, 5.41) is 21.2. The van der Waals surface area contributed by atoms with Gasteiger partial charge in [0.1, 0.15) is 11.5 Å². The van der Waals surface area contributed by atoms with Gasteiger partial charge in [-0.2, -0.15) is 0 Å². The number of rotatable bonds is 2. The van der Waals surface area contributed by atoms with Crippen LogP contribution in [0.3, 0.4) is 0 Å². The third kappa shape index (κ3) is 3.89. The number of aliphatic hydroxyl groups excluding tert-OH is 1. The van der Waals surface area contributed by atoms with E-state index in [0.717, 1.165) is 0 Å². The maximum absolute atomic E-state index is 13.5. The fourth-order valence-corrected chi connectivity index (χ4v) is 4.63. The summed E-state index contributed by atoms with van der Waals surface area (Å²) in [4.78, 5) is 42.4. The van der Waals surface area contributed by atoms with Gasteiger partial charge in [-0.3, -0.25) is 19.0 Å². The molecule has 2 aliphatic heterocycles. The average molecular weight is 478 g/mol. The van der Waals surface area contributed by atoms with E-state index in [2.05, 4.69) is 0 Å². The Hall–Kier alpha value is -2.91. The van der Waals surface area contributed by atoms with E-state index in [4.69, 9.17) is 11.6 Å². The van der Waals surface area contributed by atoms with E-state index in [0.29, 0.717) is 11.1 Å². The molecule has 1 atom stereocenters. The molecule has 0 radical (unpaired) electrons. The van der Waals surface area contributed by atoms with Gasteiger partial charge in [-0.05, 0) is 24.1 Å². The lowest BCUT2D eigenvalue weighted by Crippen LogP contribution is -2.51. The first kappa shape index (κ1) is 23.3. The lowest BCUT2D eigenvalue weighted by molar-refractivity contribution is 0.00648. The first-order valence-electron chi connectivity index (χ1n) is 10.6. The maximum Gasteiger partial charge on any atom is 0.294 e. The zero-order valence-corrected chi connectivity index (χ0v) is 19.3. The molecule has 0 fully saturated rings. The van der Waals surface area contributed by atoms with Crippen molar-refractivity contribution in [3.05, 3.63) is 61.8 Å². The number of aromatic hydroxyl groups is 1. The molecule has 1 aromatic heterocycles. The van der Waals surface area contributed by atoms with Gasteiger partial charge in [0.2, 0.25) is 0 Å². The molecule has 2 amide bonds. The molecule has 0 unspecified atom stereocenters. The van der Waals surface area contributed by atoms with Crippen LogP contribution < -0.4 is 5.56 Å². The second kappa shape index (κ2) is 8.14. The van der Waals surface area contributed by atoms with Crippen molar-refractivity contribution >= 4 is 23.4 Å². The van der Waals surface area contributed by atoms with Gasteiger partial charge in [0.25, 0.3) is 17.4 Å². The number of hydrogen-bond donors (Lipinski definition) is 2. The molecule has 2 N–H and O–H groups in total. The molecule has 176 valence electrons. The number of pyridine rings is 1. The van der Waals surface area contributed by atoms with E-state index < -0.39 is 40.5 Å². The van der Waals surface area contributed by atoms with E-state index in [9.17, 15) is 29.0 Å². The number of benzene rings is 1. The van der Waals surface area contributed by atoms with Crippen LogP contribution in [-0.2, 0) is 19.5 Å². The number of nitrogens with zero attached hydrogens (tertiary/aromatic N) is 3. The Bertz CT molecular complexity index is 1230. The molecule has 10 heteroatoms. The minimum absolute atomic E-state index is 0.00867. The summed E-state index contributed by atoms with van der Waals surface area (Å²) in [6, 6.07) is 4.13. The smallest absolute Gasteiger partial charge is 0.294 e. The van der Waals surface area contributed by atoms with Gasteiger partial charge in [-0.1, -0.05) is 31.5 Å². The molecule has 0 spiro atoms. The van der Waals surface area contributed by atoms with Crippen LogP contribution in [0.4, 0.5) is 4.39 Å². The predicted molar refractivity (Wildman–Crippen MR) is 119 cm³/mol. The summed E-state index contributed by atoms with van der Waals surface area (Å²) in [5.41, 5.74) is -0.838. The molecule has 3 heterocycles. The largest absolute Gasteiger partial charge is 0.502 e. The Morgan fingerprint density at radius 3 is 2.58 bits per heavy atom. The van der Waals surface area contributed by atoms with Crippen molar-refractivity contribution in [3.63, 3.8) is 0 Å². The lowest BCUT2D eigenvalue weighted by atomic mass is 9.84. The molecule has 0 aliphatic carbocycles. The molecule has 33 heavy (non-hydrogen) atoms. The van der Waals surface area contributed by atoms with Gasteiger partial charge in [-0.25, -0.2) is 4.39 Å². The standard InChI is InChI=1S/C23H25ClFN3O5/c1-23(2)11-28-18(21(32)26(3)10-16(23)29)13-6-7-27(20(31)17(13)19(30)22(28)33)9-12-4-5-15(25)14(24)8-12/h4-5,8,16,29-30H,6-7,9-11H2,1-3H3/t16-/m0/s1. The van der Waals surface area contributed by atoms with Crippen LogP contribution in [0.15, 0.2) is 23.0 Å². The van der Waals surface area contributed by atoms with E-state index >= 15 is 0 Å². The third-order valence-electron chi connectivity index (χ3n) is 6.50. The summed E-state index contributed by atoms with van der Waals surface area (Å²) < 4.78 is 14.7. The Balaban J connectivity index is 1.81. The van der Waals surface area contributed by atoms with Gasteiger partial charge in [0.15, 0.2) is 5.75 Å². The Labute approximate surface area is 194 Å². The zero-order valence-electron chi connectivity index (χ0n) is 18.6. The fourth-order valence-electron chi connectivity index (χ4n) is 4.43. The predicted octanol–water partition coefficient (Wildman–Crippen LogP) is 2.02. The zero-order chi connectivity index (χ0) is 24.2. The molecule has 8 nitrogen and oxygen atoms in total. The van der Waals surface area contributed by atoms with Crippen molar-refractivity contribution in [2.45, 2.75) is 39.5 Å². The molecular weight excluding hydrogens is 453 g/mol. The SMILES string of the molecule is CN1C[C@H](O)C(C)(C)Cn2c(c3c(c(O)c2=O)C(=O)N(Cc2ccc(F)c(Cl)c2)CC3)C1=O. The van der Waals surface area contributed by atoms with E-state index in [1.54, 1.807) is 13.8 Å². The number of likely N-dealkylation sites (N-methyl/N-ethyl adjacent to an activating group) is 1. The van der Waals surface area contributed by atoms with E-state index in [1.165, 1.54) is 39.6 Å². The molecule has 1 aromatic carbocycles.